The van der Waals surface area contributed by atoms with Crippen molar-refractivity contribution in [1.82, 2.24) is 0 Å². The van der Waals surface area contributed by atoms with Crippen molar-refractivity contribution in [3.05, 3.63) is 63.7 Å². The predicted molar refractivity (Wildman–Crippen MR) is 76.9 cm³/mol. The van der Waals surface area contributed by atoms with Crippen LogP contribution in [0.2, 0.25) is 0 Å². The molecule has 0 aromatic heterocycles. The van der Waals surface area contributed by atoms with Crippen LogP contribution in [0.5, 0.6) is 11.5 Å². The van der Waals surface area contributed by atoms with Gasteiger partial charge in [0.2, 0.25) is 5.75 Å². The summed E-state index contributed by atoms with van der Waals surface area (Å²) in [4.78, 5) is 10.6. The molecular weight excluding hydrogens is 274 g/mol. The van der Waals surface area contributed by atoms with Crippen LogP contribution in [-0.4, -0.2) is 16.0 Å². The monoisotopic (exact) mass is 287 g/mol. The van der Waals surface area contributed by atoms with Gasteiger partial charge in [-0.25, -0.2) is 0 Å². The van der Waals surface area contributed by atoms with Gasteiger partial charge in [0, 0.05) is 6.07 Å². The van der Waals surface area contributed by atoms with Crippen LogP contribution in [0.15, 0.2) is 47.6 Å². The molecule has 3 N–H and O–H groups in total. The van der Waals surface area contributed by atoms with Crippen LogP contribution < -0.4 is 10.5 Å². The minimum absolute atomic E-state index is 0.0868. The van der Waals surface area contributed by atoms with Gasteiger partial charge in [-0.15, -0.1) is 0 Å². The van der Waals surface area contributed by atoms with Crippen LogP contribution >= 0.6 is 0 Å². The summed E-state index contributed by atoms with van der Waals surface area (Å²) in [5.74, 6) is 0.212. The van der Waals surface area contributed by atoms with E-state index in [4.69, 9.17) is 15.7 Å². The average Bonchev–Trinajstić information content (AvgIpc) is 2.48. The van der Waals surface area contributed by atoms with Gasteiger partial charge in [0.15, 0.2) is 5.84 Å². The summed E-state index contributed by atoms with van der Waals surface area (Å²) < 4.78 is 5.57. The van der Waals surface area contributed by atoms with Crippen LogP contribution in [0.3, 0.4) is 0 Å². The molecule has 0 atom stereocenters. The van der Waals surface area contributed by atoms with Gasteiger partial charge in [-0.1, -0.05) is 23.4 Å². The maximum absolute atomic E-state index is 11.1. The second kappa shape index (κ2) is 5.91. The summed E-state index contributed by atoms with van der Waals surface area (Å²) in [5.41, 5.74) is 6.50. The van der Waals surface area contributed by atoms with E-state index in [1.807, 2.05) is 0 Å². The van der Waals surface area contributed by atoms with E-state index in [1.165, 1.54) is 12.1 Å². The lowest BCUT2D eigenvalue weighted by atomic mass is 10.1. The zero-order chi connectivity index (χ0) is 15.4. The first-order chi connectivity index (χ1) is 10.0. The molecule has 0 aliphatic carbocycles. The van der Waals surface area contributed by atoms with E-state index in [1.54, 1.807) is 37.3 Å². The number of nitrogens with zero attached hydrogens (tertiary/aromatic N) is 2. The summed E-state index contributed by atoms with van der Waals surface area (Å²) in [7, 11) is 0. The highest BCUT2D eigenvalue weighted by atomic mass is 16.6. The van der Waals surface area contributed by atoms with Gasteiger partial charge < -0.3 is 15.7 Å². The van der Waals surface area contributed by atoms with Crippen LogP contribution in [0.25, 0.3) is 0 Å². The molecule has 0 saturated carbocycles. The number of aryl methyl sites for hydroxylation is 1. The maximum atomic E-state index is 11.1. The standard InChI is InChI=1S/C14H13N3O4/c1-9-6-7-13(11(8-9)17(19)20)21-12-5-3-2-4-10(12)14(15)16-18/h2-8,18H,1H3,(H2,15,16). The van der Waals surface area contributed by atoms with Crippen LogP contribution in [0, 0.1) is 17.0 Å². The van der Waals surface area contributed by atoms with Gasteiger partial charge in [-0.05, 0) is 30.7 Å². The predicted octanol–water partition coefficient (Wildman–Crippen LogP) is 2.79. The molecule has 7 heteroatoms. The van der Waals surface area contributed by atoms with Gasteiger partial charge in [0.1, 0.15) is 5.75 Å². The summed E-state index contributed by atoms with van der Waals surface area (Å²) >= 11 is 0. The van der Waals surface area contributed by atoms with Gasteiger partial charge in [-0.2, -0.15) is 0 Å². The Morgan fingerprint density at radius 2 is 2.00 bits per heavy atom. The molecule has 7 nitrogen and oxygen atoms in total. The Labute approximate surface area is 120 Å². The average molecular weight is 287 g/mol. The molecule has 108 valence electrons. The lowest BCUT2D eigenvalue weighted by Gasteiger charge is -2.10. The Kier molecular flexibility index (Phi) is 4.03. The van der Waals surface area contributed by atoms with Crippen molar-refractivity contribution < 1.29 is 14.9 Å². The minimum Gasteiger partial charge on any atom is -0.449 e. The van der Waals surface area contributed by atoms with E-state index >= 15 is 0 Å². The summed E-state index contributed by atoms with van der Waals surface area (Å²) in [5, 5.41) is 22.7. The molecule has 0 heterocycles. The minimum atomic E-state index is -0.519. The Morgan fingerprint density at radius 3 is 2.67 bits per heavy atom. The van der Waals surface area contributed by atoms with Gasteiger partial charge >= 0.3 is 5.69 Å². The zero-order valence-corrected chi connectivity index (χ0v) is 11.2. The number of benzene rings is 2. The number of amidine groups is 1. The number of nitro benzene ring substituents is 1. The molecule has 0 unspecified atom stereocenters. The highest BCUT2D eigenvalue weighted by Gasteiger charge is 2.17. The molecule has 2 aromatic carbocycles. The summed E-state index contributed by atoms with van der Waals surface area (Å²) in [6.07, 6.45) is 0. The number of hydrogen-bond acceptors (Lipinski definition) is 5. The van der Waals surface area contributed by atoms with E-state index in [2.05, 4.69) is 5.16 Å². The Morgan fingerprint density at radius 1 is 1.29 bits per heavy atom. The lowest BCUT2D eigenvalue weighted by molar-refractivity contribution is -0.385. The topological polar surface area (TPSA) is 111 Å². The first kappa shape index (κ1) is 14.3. The Bertz CT molecular complexity index is 713. The third-order valence-electron chi connectivity index (χ3n) is 2.80. The smallest absolute Gasteiger partial charge is 0.311 e. The fourth-order valence-electron chi connectivity index (χ4n) is 1.80. The second-order valence-electron chi connectivity index (χ2n) is 4.31. The first-order valence-electron chi connectivity index (χ1n) is 6.02. The fraction of sp³-hybridized carbons (Fsp3) is 0.0714. The maximum Gasteiger partial charge on any atom is 0.311 e. The number of ether oxygens (including phenoxy) is 1. The van der Waals surface area contributed by atoms with Crippen molar-refractivity contribution in [3.63, 3.8) is 0 Å². The molecule has 0 fully saturated rings. The summed E-state index contributed by atoms with van der Waals surface area (Å²) in [6.45, 7) is 1.75. The third kappa shape index (κ3) is 3.08. The van der Waals surface area contributed by atoms with Crippen molar-refractivity contribution in [1.29, 1.82) is 0 Å². The molecule has 0 radical (unpaired) electrons. The molecule has 0 aliphatic heterocycles. The first-order valence-corrected chi connectivity index (χ1v) is 6.02. The van der Waals surface area contributed by atoms with Crippen molar-refractivity contribution >= 4 is 11.5 Å². The quantitative estimate of drug-likeness (QED) is 0.295. The Hall–Kier alpha value is -3.09. The number of nitrogens with two attached hydrogens (primary N) is 1. The van der Waals surface area contributed by atoms with E-state index < -0.39 is 4.92 Å². The number of rotatable bonds is 4. The number of hydrogen-bond donors (Lipinski definition) is 2. The molecular formula is C14H13N3O4. The molecule has 0 aliphatic rings. The van der Waals surface area contributed by atoms with Crippen LogP contribution in [-0.2, 0) is 0 Å². The van der Waals surface area contributed by atoms with Gasteiger partial charge in [-0.3, -0.25) is 10.1 Å². The molecule has 0 amide bonds. The van der Waals surface area contributed by atoms with E-state index in [-0.39, 0.29) is 23.0 Å². The normalized spacial score (nSPS) is 11.2. The van der Waals surface area contributed by atoms with E-state index in [0.29, 0.717) is 5.56 Å². The Balaban J connectivity index is 2.46. The van der Waals surface area contributed by atoms with Crippen LogP contribution in [0.4, 0.5) is 5.69 Å². The largest absolute Gasteiger partial charge is 0.449 e. The molecule has 2 aromatic rings. The highest BCUT2D eigenvalue weighted by Crippen LogP contribution is 2.33. The molecule has 0 spiro atoms. The number of oxime groups is 1. The fourth-order valence-corrected chi connectivity index (χ4v) is 1.80. The zero-order valence-electron chi connectivity index (χ0n) is 11.2. The molecule has 21 heavy (non-hydrogen) atoms. The van der Waals surface area contributed by atoms with Crippen LogP contribution in [0.1, 0.15) is 11.1 Å². The van der Waals surface area contributed by atoms with E-state index in [0.717, 1.165) is 5.56 Å². The van der Waals surface area contributed by atoms with Gasteiger partial charge in [0.05, 0.1) is 10.5 Å². The van der Waals surface area contributed by atoms with Crippen molar-refractivity contribution in [3.8, 4) is 11.5 Å². The molecule has 2 rings (SSSR count). The van der Waals surface area contributed by atoms with Crippen molar-refractivity contribution in [2.24, 2.45) is 10.9 Å². The summed E-state index contributed by atoms with van der Waals surface area (Å²) in [6, 6.07) is 11.2. The second-order valence-corrected chi connectivity index (χ2v) is 4.31. The van der Waals surface area contributed by atoms with Gasteiger partial charge in [0.25, 0.3) is 0 Å². The molecule has 0 saturated heterocycles. The lowest BCUT2D eigenvalue weighted by Crippen LogP contribution is -2.14. The van der Waals surface area contributed by atoms with E-state index in [9.17, 15) is 10.1 Å². The van der Waals surface area contributed by atoms with Crippen molar-refractivity contribution in [2.45, 2.75) is 6.92 Å². The number of para-hydroxylation sites is 1. The highest BCUT2D eigenvalue weighted by molar-refractivity contribution is 5.99. The SMILES string of the molecule is Cc1ccc(Oc2ccccc2C(N)=NO)c([N+](=O)[O-])c1. The van der Waals surface area contributed by atoms with Crippen molar-refractivity contribution in [2.75, 3.05) is 0 Å². The number of nitro groups is 1. The molecule has 0 bridgehead atoms. The third-order valence-corrected chi connectivity index (χ3v) is 2.80.